The van der Waals surface area contributed by atoms with Crippen molar-refractivity contribution < 1.29 is 15.0 Å². The summed E-state index contributed by atoms with van der Waals surface area (Å²) in [6.07, 6.45) is -1.15. The number of phenols is 1. The van der Waals surface area contributed by atoms with Gasteiger partial charge in [0.15, 0.2) is 0 Å². The minimum absolute atomic E-state index is 0.0122. The summed E-state index contributed by atoms with van der Waals surface area (Å²) in [5.41, 5.74) is 2.05. The fourth-order valence-electron chi connectivity index (χ4n) is 3.31. The quantitative estimate of drug-likeness (QED) is 0.640. The Bertz CT molecular complexity index is 1040. The van der Waals surface area contributed by atoms with Crippen LogP contribution in [-0.2, 0) is 13.1 Å². The topological polar surface area (TPSA) is 91.6 Å². The Hall–Kier alpha value is -3.28. The highest BCUT2D eigenvalue weighted by atomic mass is 16.4. The number of carboxylic acid groups (broad SMARTS) is 1. The summed E-state index contributed by atoms with van der Waals surface area (Å²) in [5, 5.41) is 22.5. The van der Waals surface area contributed by atoms with Gasteiger partial charge in [-0.1, -0.05) is 44.2 Å². The molecule has 3 rings (SSSR count). The molecule has 0 aliphatic carbocycles. The molecular weight excluding hydrogens is 344 g/mol. The Balaban J connectivity index is 2.42. The Morgan fingerprint density at radius 1 is 1.11 bits per heavy atom. The van der Waals surface area contributed by atoms with Crippen LogP contribution >= 0.6 is 0 Å². The molecule has 3 N–H and O–H groups in total. The van der Waals surface area contributed by atoms with Crippen LogP contribution in [0.3, 0.4) is 0 Å². The third-order valence-electron chi connectivity index (χ3n) is 4.38. The molecule has 0 aliphatic rings. The maximum absolute atomic E-state index is 13.1. The number of pyridine rings is 1. The zero-order valence-electron chi connectivity index (χ0n) is 15.3. The molecule has 0 spiro atoms. The van der Waals surface area contributed by atoms with E-state index in [1.807, 2.05) is 44.2 Å². The molecule has 0 saturated carbocycles. The number of carbonyl (C=O) groups is 1. The number of amides is 1. The van der Waals surface area contributed by atoms with Crippen molar-refractivity contribution in [2.75, 3.05) is 0 Å². The summed E-state index contributed by atoms with van der Waals surface area (Å²) in [6.45, 7) is 4.45. The number of rotatable bonds is 5. The lowest BCUT2D eigenvalue weighted by Gasteiger charge is -2.21. The maximum Gasteiger partial charge on any atom is 0.404 e. The standard InChI is InChI=1S/C21H22N2O4/c1-13(2)12-23-18(11-22-21(26)27)19(14-6-4-3-5-7-14)16-9-8-15(24)10-17(16)20(23)25/h3-10,13,22,24H,11-12H2,1-2H3,(H,26,27). The Morgan fingerprint density at radius 2 is 1.81 bits per heavy atom. The molecule has 1 heterocycles. The normalized spacial score (nSPS) is 11.1. The lowest BCUT2D eigenvalue weighted by molar-refractivity contribution is 0.193. The van der Waals surface area contributed by atoms with Gasteiger partial charge in [-0.25, -0.2) is 4.79 Å². The molecule has 0 radical (unpaired) electrons. The second-order valence-corrected chi connectivity index (χ2v) is 6.89. The number of aromatic hydroxyl groups is 1. The average Bonchev–Trinajstić information content (AvgIpc) is 2.63. The van der Waals surface area contributed by atoms with Crippen LogP contribution in [0.15, 0.2) is 53.3 Å². The highest BCUT2D eigenvalue weighted by Gasteiger charge is 2.19. The van der Waals surface area contributed by atoms with E-state index in [1.54, 1.807) is 10.6 Å². The molecule has 1 amide bonds. The SMILES string of the molecule is CC(C)Cn1c(CNC(=O)O)c(-c2ccccc2)c2ccc(O)cc2c1=O. The fraction of sp³-hybridized carbons (Fsp3) is 0.238. The summed E-state index contributed by atoms with van der Waals surface area (Å²) in [5.74, 6) is 0.204. The number of hydrogen-bond acceptors (Lipinski definition) is 3. The number of fused-ring (bicyclic) bond motifs is 1. The Kier molecular flexibility index (Phi) is 5.16. The van der Waals surface area contributed by atoms with Crippen LogP contribution in [0.25, 0.3) is 21.9 Å². The molecule has 0 aliphatic heterocycles. The maximum atomic E-state index is 13.1. The smallest absolute Gasteiger partial charge is 0.404 e. The molecule has 6 nitrogen and oxygen atoms in total. The van der Waals surface area contributed by atoms with Crippen LogP contribution in [0.4, 0.5) is 4.79 Å². The van der Waals surface area contributed by atoms with Gasteiger partial charge in [-0.3, -0.25) is 4.79 Å². The van der Waals surface area contributed by atoms with Gasteiger partial charge in [0.05, 0.1) is 11.9 Å². The van der Waals surface area contributed by atoms with Crippen LogP contribution in [0, 0.1) is 5.92 Å². The van der Waals surface area contributed by atoms with Gasteiger partial charge in [-0.15, -0.1) is 0 Å². The summed E-state index contributed by atoms with van der Waals surface area (Å²) >= 11 is 0. The van der Waals surface area contributed by atoms with Gasteiger partial charge < -0.3 is 20.1 Å². The predicted octanol–water partition coefficient (Wildman–Crippen LogP) is 3.80. The second kappa shape index (κ2) is 7.53. The van der Waals surface area contributed by atoms with Crippen molar-refractivity contribution in [2.45, 2.75) is 26.9 Å². The summed E-state index contributed by atoms with van der Waals surface area (Å²) in [7, 11) is 0. The summed E-state index contributed by atoms with van der Waals surface area (Å²) < 4.78 is 1.62. The first kappa shape index (κ1) is 18.5. The van der Waals surface area contributed by atoms with Crippen molar-refractivity contribution >= 4 is 16.9 Å². The van der Waals surface area contributed by atoms with Crippen molar-refractivity contribution in [3.63, 3.8) is 0 Å². The van der Waals surface area contributed by atoms with Gasteiger partial charge in [0, 0.05) is 17.8 Å². The molecule has 2 aromatic carbocycles. The largest absolute Gasteiger partial charge is 0.508 e. The van der Waals surface area contributed by atoms with E-state index in [-0.39, 0.29) is 23.8 Å². The predicted molar refractivity (Wildman–Crippen MR) is 105 cm³/mol. The van der Waals surface area contributed by atoms with Gasteiger partial charge in [-0.2, -0.15) is 0 Å². The highest BCUT2D eigenvalue weighted by Crippen LogP contribution is 2.32. The van der Waals surface area contributed by atoms with Gasteiger partial charge in [0.2, 0.25) is 0 Å². The van der Waals surface area contributed by atoms with E-state index in [2.05, 4.69) is 5.32 Å². The minimum atomic E-state index is -1.15. The average molecular weight is 366 g/mol. The number of benzene rings is 2. The van der Waals surface area contributed by atoms with E-state index in [4.69, 9.17) is 5.11 Å². The third-order valence-corrected chi connectivity index (χ3v) is 4.38. The van der Waals surface area contributed by atoms with Crippen molar-refractivity contribution in [2.24, 2.45) is 5.92 Å². The summed E-state index contributed by atoms with van der Waals surface area (Å²) in [6, 6.07) is 14.3. The van der Waals surface area contributed by atoms with Crippen LogP contribution in [0.1, 0.15) is 19.5 Å². The van der Waals surface area contributed by atoms with Gasteiger partial charge in [-0.05, 0) is 35.1 Å². The van der Waals surface area contributed by atoms with E-state index in [1.165, 1.54) is 12.1 Å². The monoisotopic (exact) mass is 366 g/mol. The van der Waals surface area contributed by atoms with Crippen LogP contribution < -0.4 is 10.9 Å². The fourth-order valence-corrected chi connectivity index (χ4v) is 3.31. The van der Waals surface area contributed by atoms with Crippen molar-refractivity contribution in [1.82, 2.24) is 9.88 Å². The van der Waals surface area contributed by atoms with E-state index in [9.17, 15) is 14.7 Å². The Morgan fingerprint density at radius 3 is 2.44 bits per heavy atom. The zero-order chi connectivity index (χ0) is 19.6. The van der Waals surface area contributed by atoms with E-state index >= 15 is 0 Å². The highest BCUT2D eigenvalue weighted by molar-refractivity contribution is 5.98. The molecule has 140 valence electrons. The molecule has 3 aromatic rings. The zero-order valence-corrected chi connectivity index (χ0v) is 15.3. The molecule has 0 saturated heterocycles. The van der Waals surface area contributed by atoms with Crippen molar-refractivity contribution in [3.8, 4) is 16.9 Å². The van der Waals surface area contributed by atoms with Gasteiger partial charge in [0.1, 0.15) is 5.75 Å². The Labute approximate surface area is 156 Å². The van der Waals surface area contributed by atoms with Crippen molar-refractivity contribution in [3.05, 3.63) is 64.6 Å². The molecule has 27 heavy (non-hydrogen) atoms. The molecule has 1 aromatic heterocycles. The van der Waals surface area contributed by atoms with Gasteiger partial charge >= 0.3 is 6.09 Å². The second-order valence-electron chi connectivity index (χ2n) is 6.89. The number of aromatic nitrogens is 1. The van der Waals surface area contributed by atoms with E-state index in [0.717, 1.165) is 11.1 Å². The first-order valence-electron chi connectivity index (χ1n) is 8.79. The van der Waals surface area contributed by atoms with E-state index in [0.29, 0.717) is 23.0 Å². The van der Waals surface area contributed by atoms with Crippen molar-refractivity contribution in [1.29, 1.82) is 0 Å². The summed E-state index contributed by atoms with van der Waals surface area (Å²) in [4.78, 5) is 24.3. The molecule has 0 unspecified atom stereocenters. The van der Waals surface area contributed by atoms with Crippen LogP contribution in [-0.4, -0.2) is 20.9 Å². The van der Waals surface area contributed by atoms with Crippen LogP contribution in [0.5, 0.6) is 5.75 Å². The molecule has 0 bridgehead atoms. The molecular formula is C21H22N2O4. The molecule has 0 atom stereocenters. The number of phenolic OH excluding ortho intramolecular Hbond substituents is 1. The third kappa shape index (κ3) is 3.79. The minimum Gasteiger partial charge on any atom is -0.508 e. The number of nitrogens with zero attached hydrogens (tertiary/aromatic N) is 1. The van der Waals surface area contributed by atoms with Gasteiger partial charge in [0.25, 0.3) is 5.56 Å². The van der Waals surface area contributed by atoms with E-state index < -0.39 is 6.09 Å². The van der Waals surface area contributed by atoms with Crippen LogP contribution in [0.2, 0.25) is 0 Å². The lowest BCUT2D eigenvalue weighted by Crippen LogP contribution is -2.31. The lowest BCUT2D eigenvalue weighted by atomic mass is 9.96. The molecule has 0 fully saturated rings. The number of nitrogens with one attached hydrogen (secondary N) is 1. The first-order valence-corrected chi connectivity index (χ1v) is 8.79. The molecule has 6 heteroatoms. The first-order chi connectivity index (χ1) is 12.9. The number of hydrogen-bond donors (Lipinski definition) is 3.